The zero-order valence-corrected chi connectivity index (χ0v) is 21.5. The van der Waals surface area contributed by atoms with Crippen LogP contribution in [0.4, 0.5) is 0 Å². The van der Waals surface area contributed by atoms with Gasteiger partial charge in [0.1, 0.15) is 0 Å². The van der Waals surface area contributed by atoms with E-state index in [1.54, 1.807) is 0 Å². The van der Waals surface area contributed by atoms with Crippen molar-refractivity contribution < 1.29 is 15.0 Å². The number of rotatable bonds is 7. The van der Waals surface area contributed by atoms with Gasteiger partial charge >= 0.3 is 5.97 Å². The first-order chi connectivity index (χ1) is 15.0. The summed E-state index contributed by atoms with van der Waals surface area (Å²) < 4.78 is 0. The van der Waals surface area contributed by atoms with Gasteiger partial charge in [-0.25, -0.2) is 0 Å². The lowest BCUT2D eigenvalue weighted by molar-refractivity contribution is -0.183. The highest BCUT2D eigenvalue weighted by atomic mass is 16.4. The predicted octanol–water partition coefficient (Wildman–Crippen LogP) is 7.31. The Morgan fingerprint density at radius 2 is 1.69 bits per heavy atom. The summed E-state index contributed by atoms with van der Waals surface area (Å²) in [4.78, 5) is 12.3. The van der Waals surface area contributed by atoms with Gasteiger partial charge in [-0.2, -0.15) is 0 Å². The average molecular weight is 447 g/mol. The lowest BCUT2D eigenvalue weighted by Gasteiger charge is -2.65. The third kappa shape index (κ3) is 3.87. The second kappa shape index (κ2) is 8.90. The maximum Gasteiger partial charge on any atom is 0.303 e. The highest BCUT2D eigenvalue weighted by Gasteiger charge is 2.68. The van der Waals surface area contributed by atoms with Crippen LogP contribution in [0.2, 0.25) is 0 Å². The number of aliphatic hydroxyl groups excluding tert-OH is 1. The van der Waals surface area contributed by atoms with Gasteiger partial charge in [0.05, 0.1) is 12.5 Å². The second-order valence-corrected chi connectivity index (χ2v) is 13.6. The summed E-state index contributed by atoms with van der Waals surface area (Å²) in [5.41, 5.74) is 0.444. The number of carboxylic acids is 1. The number of fused-ring (bicyclic) bond motifs is 5. The van der Waals surface area contributed by atoms with Crippen molar-refractivity contribution in [3.05, 3.63) is 0 Å². The number of hydrogen-bond acceptors (Lipinski definition) is 2. The molecule has 4 rings (SSSR count). The van der Waals surface area contributed by atoms with Gasteiger partial charge in [-0.05, 0) is 110 Å². The molecule has 3 heteroatoms. The molecule has 32 heavy (non-hydrogen) atoms. The van der Waals surface area contributed by atoms with E-state index >= 15 is 0 Å². The average Bonchev–Trinajstić information content (AvgIpc) is 3.00. The van der Waals surface area contributed by atoms with Crippen LogP contribution < -0.4 is 0 Å². The SMILES string of the molecule is CC(C)CCC[C@@H](C)[C@H]1CC[C@@]2(CC(=O)O)[C@@H]3CCC4CC(O)CC[C@]4(C)[C@H]3CC[C@]12C. The van der Waals surface area contributed by atoms with Crippen LogP contribution >= 0.6 is 0 Å². The molecular weight excluding hydrogens is 396 g/mol. The van der Waals surface area contributed by atoms with E-state index in [1.807, 2.05) is 0 Å². The third-order valence-electron chi connectivity index (χ3n) is 11.8. The molecule has 2 unspecified atom stereocenters. The molecule has 0 radical (unpaired) electrons. The Balaban J connectivity index is 1.62. The molecule has 4 aliphatic rings. The van der Waals surface area contributed by atoms with Crippen molar-refractivity contribution in [2.75, 3.05) is 0 Å². The second-order valence-electron chi connectivity index (χ2n) is 13.6. The largest absolute Gasteiger partial charge is 0.481 e. The molecule has 0 bridgehead atoms. The van der Waals surface area contributed by atoms with Crippen molar-refractivity contribution >= 4 is 5.97 Å². The van der Waals surface area contributed by atoms with E-state index < -0.39 is 5.97 Å². The topological polar surface area (TPSA) is 57.5 Å². The summed E-state index contributed by atoms with van der Waals surface area (Å²) in [6.45, 7) is 12.1. The summed E-state index contributed by atoms with van der Waals surface area (Å²) >= 11 is 0. The molecule has 0 aromatic carbocycles. The molecule has 9 atom stereocenters. The Hall–Kier alpha value is -0.570. The summed E-state index contributed by atoms with van der Waals surface area (Å²) in [6.07, 6.45) is 14.5. The van der Waals surface area contributed by atoms with Crippen LogP contribution in [0.3, 0.4) is 0 Å². The van der Waals surface area contributed by atoms with Crippen LogP contribution in [0.15, 0.2) is 0 Å². The van der Waals surface area contributed by atoms with Gasteiger partial charge in [0.2, 0.25) is 0 Å². The zero-order chi connectivity index (χ0) is 23.3. The van der Waals surface area contributed by atoms with Gasteiger partial charge in [-0.15, -0.1) is 0 Å². The molecule has 0 spiro atoms. The standard InChI is InChI=1S/C29H50O3/c1-19(2)7-6-8-20(3)23-13-16-29(18-26(31)32)25-10-9-21-17-22(30)11-14-27(21,4)24(25)12-15-28(23,29)5/h19-25,30H,6-18H2,1-5H3,(H,31,32)/t20-,21?,22?,23-,24+,25-,27+,28-,29-/m1/s1. The molecule has 3 nitrogen and oxygen atoms in total. The van der Waals surface area contributed by atoms with E-state index in [4.69, 9.17) is 0 Å². The Morgan fingerprint density at radius 1 is 0.938 bits per heavy atom. The first kappa shape index (κ1) is 24.6. The lowest BCUT2D eigenvalue weighted by atomic mass is 9.39. The fraction of sp³-hybridized carbons (Fsp3) is 0.966. The maximum absolute atomic E-state index is 12.3. The molecule has 0 saturated heterocycles. The van der Waals surface area contributed by atoms with Crippen LogP contribution in [-0.4, -0.2) is 22.3 Å². The van der Waals surface area contributed by atoms with Crippen LogP contribution in [0.25, 0.3) is 0 Å². The van der Waals surface area contributed by atoms with E-state index in [0.29, 0.717) is 41.4 Å². The van der Waals surface area contributed by atoms with Crippen molar-refractivity contribution in [2.45, 2.75) is 124 Å². The number of carbonyl (C=O) groups is 1. The van der Waals surface area contributed by atoms with E-state index in [2.05, 4.69) is 34.6 Å². The Morgan fingerprint density at radius 3 is 2.38 bits per heavy atom. The Kier molecular flexibility index (Phi) is 6.83. The summed E-state index contributed by atoms with van der Waals surface area (Å²) in [5.74, 6) is 3.41. The molecular formula is C29H50O3. The summed E-state index contributed by atoms with van der Waals surface area (Å²) in [5, 5.41) is 20.5. The van der Waals surface area contributed by atoms with Crippen LogP contribution in [0.1, 0.15) is 118 Å². The van der Waals surface area contributed by atoms with E-state index in [0.717, 1.165) is 31.6 Å². The minimum absolute atomic E-state index is 0.0250. The molecule has 184 valence electrons. The minimum Gasteiger partial charge on any atom is -0.481 e. The maximum atomic E-state index is 12.3. The molecule has 0 aromatic rings. The first-order valence-electron chi connectivity index (χ1n) is 13.9. The molecule has 2 N–H and O–H groups in total. The van der Waals surface area contributed by atoms with Gasteiger partial charge in [-0.1, -0.05) is 53.9 Å². The molecule has 0 aromatic heterocycles. The monoisotopic (exact) mass is 446 g/mol. The van der Waals surface area contributed by atoms with Gasteiger partial charge < -0.3 is 10.2 Å². The number of aliphatic carboxylic acids is 1. The number of hydrogen-bond donors (Lipinski definition) is 2. The quantitative estimate of drug-likeness (QED) is 0.431. The highest BCUT2D eigenvalue weighted by Crippen LogP contribution is 2.74. The molecule has 4 aliphatic carbocycles. The molecule has 0 amide bonds. The van der Waals surface area contributed by atoms with Gasteiger partial charge in [0.15, 0.2) is 0 Å². The highest BCUT2D eigenvalue weighted by molar-refractivity contribution is 5.68. The summed E-state index contributed by atoms with van der Waals surface area (Å²) in [6, 6.07) is 0. The van der Waals surface area contributed by atoms with E-state index in [-0.39, 0.29) is 16.9 Å². The number of carboxylic acid groups (broad SMARTS) is 1. The van der Waals surface area contributed by atoms with Gasteiger partial charge in [0.25, 0.3) is 0 Å². The van der Waals surface area contributed by atoms with E-state index in [1.165, 1.54) is 51.4 Å². The van der Waals surface area contributed by atoms with Crippen molar-refractivity contribution in [2.24, 2.45) is 51.8 Å². The van der Waals surface area contributed by atoms with E-state index in [9.17, 15) is 15.0 Å². The fourth-order valence-electron chi connectivity index (χ4n) is 10.1. The van der Waals surface area contributed by atoms with Crippen molar-refractivity contribution in [3.63, 3.8) is 0 Å². The minimum atomic E-state index is -0.573. The summed E-state index contributed by atoms with van der Waals surface area (Å²) in [7, 11) is 0. The van der Waals surface area contributed by atoms with Gasteiger partial charge in [-0.3, -0.25) is 4.79 Å². The smallest absolute Gasteiger partial charge is 0.303 e. The zero-order valence-electron chi connectivity index (χ0n) is 21.5. The van der Waals surface area contributed by atoms with Crippen LogP contribution in [0, 0.1) is 51.8 Å². The molecule has 4 fully saturated rings. The fourth-order valence-corrected chi connectivity index (χ4v) is 10.1. The van der Waals surface area contributed by atoms with Crippen molar-refractivity contribution in [3.8, 4) is 0 Å². The third-order valence-corrected chi connectivity index (χ3v) is 11.8. The molecule has 0 heterocycles. The normalized spacial score (nSPS) is 46.9. The first-order valence-corrected chi connectivity index (χ1v) is 13.9. The predicted molar refractivity (Wildman–Crippen MR) is 130 cm³/mol. The van der Waals surface area contributed by atoms with Crippen molar-refractivity contribution in [1.82, 2.24) is 0 Å². The molecule has 4 saturated carbocycles. The lowest BCUT2D eigenvalue weighted by Crippen LogP contribution is -2.59. The molecule has 0 aliphatic heterocycles. The number of aliphatic hydroxyl groups is 1. The van der Waals surface area contributed by atoms with Crippen molar-refractivity contribution in [1.29, 1.82) is 0 Å². The van der Waals surface area contributed by atoms with Crippen LogP contribution in [-0.2, 0) is 4.79 Å². The van der Waals surface area contributed by atoms with Crippen LogP contribution in [0.5, 0.6) is 0 Å². The van der Waals surface area contributed by atoms with Gasteiger partial charge in [0, 0.05) is 0 Å². The Bertz CT molecular complexity index is 688. The Labute approximate surface area is 197 Å².